The van der Waals surface area contributed by atoms with Crippen molar-refractivity contribution in [1.82, 2.24) is 0 Å². The van der Waals surface area contributed by atoms with Crippen molar-refractivity contribution in [1.29, 1.82) is 0 Å². The molecule has 0 saturated heterocycles. The highest BCUT2D eigenvalue weighted by atomic mass is 32.1. The number of ether oxygens (including phenoxy) is 1. The topological polar surface area (TPSA) is 55.4 Å². The third kappa shape index (κ3) is 4.60. The zero-order valence-electron chi connectivity index (χ0n) is 13.7. The second kappa shape index (κ2) is 7.26. The molecule has 0 radical (unpaired) electrons. The Morgan fingerprint density at radius 2 is 1.84 bits per heavy atom. The van der Waals surface area contributed by atoms with Gasteiger partial charge in [0, 0.05) is 9.75 Å². The Bertz CT molecular complexity index is 799. The number of amides is 1. The molecule has 0 unspecified atom stereocenters. The number of esters is 1. The van der Waals surface area contributed by atoms with Crippen LogP contribution in [0.5, 0.6) is 0 Å². The predicted molar refractivity (Wildman–Crippen MR) is 88.7 cm³/mol. The molecule has 25 heavy (non-hydrogen) atoms. The second-order valence-electron chi connectivity index (χ2n) is 5.41. The van der Waals surface area contributed by atoms with Gasteiger partial charge in [-0.25, -0.2) is 4.79 Å². The van der Waals surface area contributed by atoms with Crippen LogP contribution in [0.2, 0.25) is 0 Å². The van der Waals surface area contributed by atoms with Gasteiger partial charge in [-0.1, -0.05) is 12.1 Å². The summed E-state index contributed by atoms with van der Waals surface area (Å²) in [6, 6.07) is 6.25. The number of nitrogens with one attached hydrogen (secondary N) is 1. The quantitative estimate of drug-likeness (QED) is 0.801. The summed E-state index contributed by atoms with van der Waals surface area (Å²) in [5, 5.41) is 2.16. The van der Waals surface area contributed by atoms with Crippen LogP contribution in [-0.4, -0.2) is 18.0 Å². The van der Waals surface area contributed by atoms with E-state index in [2.05, 4.69) is 5.32 Å². The Kier molecular flexibility index (Phi) is 5.52. The van der Waals surface area contributed by atoms with Crippen LogP contribution in [0.15, 0.2) is 30.3 Å². The Morgan fingerprint density at radius 3 is 2.40 bits per heavy atom. The minimum absolute atomic E-state index is 0.345. The van der Waals surface area contributed by atoms with Crippen molar-refractivity contribution in [2.75, 3.05) is 5.32 Å². The van der Waals surface area contributed by atoms with E-state index in [4.69, 9.17) is 4.74 Å². The highest BCUT2D eigenvalue weighted by Crippen LogP contribution is 2.34. The lowest BCUT2D eigenvalue weighted by Gasteiger charge is -2.16. The molecule has 1 atom stereocenters. The zero-order chi connectivity index (χ0) is 18.8. The standard InChI is InChI=1S/C17H16F3NO3S/c1-9-8-12(11(3)25-9)16(23)24-10(2)15(22)21-14-7-5-4-6-13(14)17(18,19)20/h4-8,10H,1-3H3,(H,21,22)/t10-/m1/s1. The first-order valence-corrected chi connectivity index (χ1v) is 8.16. The summed E-state index contributed by atoms with van der Waals surface area (Å²) in [5.41, 5.74) is -1.01. The molecule has 8 heteroatoms. The van der Waals surface area contributed by atoms with Gasteiger partial charge in [0.05, 0.1) is 16.8 Å². The maximum Gasteiger partial charge on any atom is 0.418 e. The molecule has 0 spiro atoms. The average molecular weight is 371 g/mol. The molecule has 1 aromatic carbocycles. The average Bonchev–Trinajstić information content (AvgIpc) is 2.85. The maximum atomic E-state index is 12.9. The number of hydrogen-bond acceptors (Lipinski definition) is 4. The first kappa shape index (κ1) is 19.0. The van der Waals surface area contributed by atoms with Crippen LogP contribution in [0, 0.1) is 13.8 Å². The number of anilines is 1. The number of thiophene rings is 1. The molecular weight excluding hydrogens is 355 g/mol. The number of benzene rings is 1. The van der Waals surface area contributed by atoms with Crippen LogP contribution in [0.3, 0.4) is 0 Å². The lowest BCUT2D eigenvalue weighted by atomic mass is 10.1. The number of rotatable bonds is 4. The normalized spacial score (nSPS) is 12.6. The summed E-state index contributed by atoms with van der Waals surface area (Å²) in [7, 11) is 0. The number of para-hydroxylation sites is 1. The highest BCUT2D eigenvalue weighted by molar-refractivity contribution is 7.12. The number of alkyl halides is 3. The van der Waals surface area contributed by atoms with Gasteiger partial charge >= 0.3 is 12.1 Å². The zero-order valence-corrected chi connectivity index (χ0v) is 14.5. The van der Waals surface area contributed by atoms with E-state index in [0.29, 0.717) is 5.56 Å². The van der Waals surface area contributed by atoms with E-state index in [9.17, 15) is 22.8 Å². The summed E-state index contributed by atoms with van der Waals surface area (Å²) < 4.78 is 43.9. The number of carbonyl (C=O) groups excluding carboxylic acids is 2. The van der Waals surface area contributed by atoms with Gasteiger partial charge in [-0.15, -0.1) is 11.3 Å². The predicted octanol–water partition coefficient (Wildman–Crippen LogP) is 4.57. The van der Waals surface area contributed by atoms with Crippen LogP contribution in [0.1, 0.15) is 32.6 Å². The molecule has 0 fully saturated rings. The Labute approximate surface area is 146 Å². The molecule has 0 bridgehead atoms. The Hall–Kier alpha value is -2.35. The van der Waals surface area contributed by atoms with Crippen LogP contribution in [0.4, 0.5) is 18.9 Å². The molecular formula is C17H16F3NO3S. The molecule has 4 nitrogen and oxygen atoms in total. The van der Waals surface area contributed by atoms with Crippen molar-refractivity contribution in [3.63, 3.8) is 0 Å². The maximum absolute atomic E-state index is 12.9. The van der Waals surface area contributed by atoms with Crippen LogP contribution in [-0.2, 0) is 15.7 Å². The number of aryl methyl sites for hydroxylation is 2. The summed E-state index contributed by atoms with van der Waals surface area (Å²) >= 11 is 1.41. The second-order valence-corrected chi connectivity index (χ2v) is 6.87. The molecule has 2 aromatic rings. The van der Waals surface area contributed by atoms with Gasteiger partial charge in [0.15, 0.2) is 6.10 Å². The molecule has 1 N–H and O–H groups in total. The van der Waals surface area contributed by atoms with Crippen LogP contribution < -0.4 is 5.32 Å². The molecule has 0 aliphatic rings. The summed E-state index contributed by atoms with van der Waals surface area (Å²) in [4.78, 5) is 25.9. The fourth-order valence-electron chi connectivity index (χ4n) is 2.18. The number of halogens is 3. The van der Waals surface area contributed by atoms with Crippen molar-refractivity contribution in [2.45, 2.75) is 33.1 Å². The third-order valence-corrected chi connectivity index (χ3v) is 4.37. The highest BCUT2D eigenvalue weighted by Gasteiger charge is 2.34. The van der Waals surface area contributed by atoms with E-state index in [1.54, 1.807) is 13.0 Å². The molecule has 2 rings (SSSR count). The fraction of sp³-hybridized carbons (Fsp3) is 0.294. The van der Waals surface area contributed by atoms with E-state index < -0.39 is 29.7 Å². The molecule has 1 amide bonds. The molecule has 1 heterocycles. The number of hydrogen-bond donors (Lipinski definition) is 1. The fourth-order valence-corrected chi connectivity index (χ4v) is 3.10. The summed E-state index contributed by atoms with van der Waals surface area (Å²) in [6.07, 6.45) is -5.84. The van der Waals surface area contributed by atoms with Crippen molar-refractivity contribution in [3.8, 4) is 0 Å². The van der Waals surface area contributed by atoms with E-state index >= 15 is 0 Å². The first-order chi connectivity index (χ1) is 11.6. The number of carbonyl (C=O) groups is 2. The van der Waals surface area contributed by atoms with Gasteiger partial charge in [0.2, 0.25) is 0 Å². The van der Waals surface area contributed by atoms with Crippen LogP contribution >= 0.6 is 11.3 Å². The molecule has 1 aromatic heterocycles. The van der Waals surface area contributed by atoms with Crippen LogP contribution in [0.25, 0.3) is 0 Å². The van der Waals surface area contributed by atoms with Gasteiger partial charge in [-0.2, -0.15) is 13.2 Å². The Morgan fingerprint density at radius 1 is 1.20 bits per heavy atom. The minimum Gasteiger partial charge on any atom is -0.449 e. The van der Waals surface area contributed by atoms with Gasteiger partial charge in [0.1, 0.15) is 0 Å². The van der Waals surface area contributed by atoms with Gasteiger partial charge in [-0.3, -0.25) is 4.79 Å². The van der Waals surface area contributed by atoms with Crippen molar-refractivity contribution in [3.05, 3.63) is 51.2 Å². The largest absolute Gasteiger partial charge is 0.449 e. The molecule has 0 aliphatic heterocycles. The Balaban J connectivity index is 2.09. The third-order valence-electron chi connectivity index (χ3n) is 3.40. The van der Waals surface area contributed by atoms with E-state index in [1.807, 2.05) is 6.92 Å². The first-order valence-electron chi connectivity index (χ1n) is 7.34. The SMILES string of the molecule is Cc1cc(C(=O)O[C@H](C)C(=O)Nc2ccccc2C(F)(F)F)c(C)s1. The van der Waals surface area contributed by atoms with Crippen molar-refractivity contribution >= 4 is 28.9 Å². The van der Waals surface area contributed by atoms with Gasteiger partial charge < -0.3 is 10.1 Å². The van der Waals surface area contributed by atoms with E-state index in [-0.39, 0.29) is 5.69 Å². The summed E-state index contributed by atoms with van der Waals surface area (Å²) in [6.45, 7) is 4.88. The van der Waals surface area contributed by atoms with E-state index in [0.717, 1.165) is 21.9 Å². The smallest absolute Gasteiger partial charge is 0.418 e. The monoisotopic (exact) mass is 371 g/mol. The molecule has 134 valence electrons. The lowest BCUT2D eigenvalue weighted by molar-refractivity contribution is -0.137. The van der Waals surface area contributed by atoms with Crippen molar-refractivity contribution in [2.24, 2.45) is 0 Å². The van der Waals surface area contributed by atoms with Crippen molar-refractivity contribution < 1.29 is 27.5 Å². The van der Waals surface area contributed by atoms with Gasteiger partial charge in [0.25, 0.3) is 5.91 Å². The lowest BCUT2D eigenvalue weighted by Crippen LogP contribution is -2.30. The summed E-state index contributed by atoms with van der Waals surface area (Å²) in [5.74, 6) is -1.52. The van der Waals surface area contributed by atoms with E-state index in [1.165, 1.54) is 30.4 Å². The molecule has 0 saturated carbocycles. The minimum atomic E-state index is -4.60. The molecule has 0 aliphatic carbocycles. The van der Waals surface area contributed by atoms with Gasteiger partial charge in [-0.05, 0) is 39.0 Å².